The lowest BCUT2D eigenvalue weighted by Crippen LogP contribution is -1.99. The number of aromatic nitrogens is 4. The average Bonchev–Trinajstić information content (AvgIpc) is 2.71. The highest BCUT2D eigenvalue weighted by Gasteiger charge is 2.12. The molecule has 0 saturated heterocycles. The Hall–Kier alpha value is -0.920. The molecule has 0 N–H and O–H groups in total. The molecule has 0 unspecified atom stereocenters. The van der Waals surface area contributed by atoms with Crippen molar-refractivity contribution in [3.63, 3.8) is 0 Å². The van der Waals surface area contributed by atoms with Gasteiger partial charge >= 0.3 is 0 Å². The Morgan fingerprint density at radius 3 is 2.86 bits per heavy atom. The van der Waals surface area contributed by atoms with E-state index in [-0.39, 0.29) is 0 Å². The largest absolute Gasteiger partial charge is 0.410 e. The molecule has 2 heterocycles. The molecule has 0 bridgehead atoms. The maximum atomic E-state index is 5.33. The van der Waals surface area contributed by atoms with Gasteiger partial charge < -0.3 is 4.42 Å². The van der Waals surface area contributed by atoms with Gasteiger partial charge in [-0.2, -0.15) is 5.10 Å². The fourth-order valence-corrected chi connectivity index (χ4v) is 1.58. The number of nitrogens with zero attached hydrogens (tertiary/aromatic N) is 4. The van der Waals surface area contributed by atoms with Crippen LogP contribution in [0.5, 0.6) is 0 Å². The summed E-state index contributed by atoms with van der Waals surface area (Å²) < 4.78 is 7.72. The first-order valence-electron chi connectivity index (χ1n) is 4.24. The van der Waals surface area contributed by atoms with Crippen molar-refractivity contribution < 1.29 is 4.42 Å². The molecule has 2 rings (SSSR count). The quantitative estimate of drug-likeness (QED) is 0.795. The molecule has 0 aromatic carbocycles. The molecule has 0 amide bonds. The van der Waals surface area contributed by atoms with E-state index in [0.29, 0.717) is 9.79 Å². The Morgan fingerprint density at radius 2 is 2.29 bits per heavy atom. The van der Waals surface area contributed by atoms with Gasteiger partial charge in [-0.3, -0.25) is 4.68 Å². The first-order chi connectivity index (χ1) is 6.70. The van der Waals surface area contributed by atoms with E-state index in [9.17, 15) is 0 Å². The second kappa shape index (κ2) is 3.68. The lowest BCUT2D eigenvalue weighted by molar-refractivity contribution is 0.526. The Bertz CT molecular complexity index is 448. The van der Waals surface area contributed by atoms with Crippen molar-refractivity contribution in [2.45, 2.75) is 20.4 Å². The van der Waals surface area contributed by atoms with Gasteiger partial charge in [0, 0.05) is 29.1 Å². The van der Waals surface area contributed by atoms with E-state index in [1.54, 1.807) is 0 Å². The minimum absolute atomic E-state index is 0.525. The summed E-state index contributed by atoms with van der Waals surface area (Å²) in [6, 6.07) is 1.94. The first-order valence-corrected chi connectivity index (χ1v) is 5.32. The van der Waals surface area contributed by atoms with Crippen LogP contribution in [0.15, 0.2) is 10.5 Å². The highest BCUT2D eigenvalue weighted by molar-refractivity contribution is 14.1. The van der Waals surface area contributed by atoms with E-state index in [1.165, 1.54) is 0 Å². The third-order valence-corrected chi connectivity index (χ3v) is 2.26. The SMILES string of the molecule is CCn1nc(C)cc1-c1nnc(I)o1. The highest BCUT2D eigenvalue weighted by atomic mass is 127. The lowest BCUT2D eigenvalue weighted by Gasteiger charge is -1.98. The van der Waals surface area contributed by atoms with Crippen LogP contribution in [0.3, 0.4) is 0 Å². The molecule has 0 aliphatic rings. The zero-order chi connectivity index (χ0) is 10.1. The maximum absolute atomic E-state index is 5.33. The second-order valence-corrected chi connectivity index (χ2v) is 3.77. The van der Waals surface area contributed by atoms with Gasteiger partial charge in [0.25, 0.3) is 9.79 Å². The highest BCUT2D eigenvalue weighted by Crippen LogP contribution is 2.19. The summed E-state index contributed by atoms with van der Waals surface area (Å²) in [5, 5.41) is 12.0. The van der Waals surface area contributed by atoms with Crippen LogP contribution in [-0.4, -0.2) is 20.0 Å². The lowest BCUT2D eigenvalue weighted by atomic mass is 10.4. The predicted molar refractivity (Wildman–Crippen MR) is 58.6 cm³/mol. The molecule has 2 aromatic heterocycles. The molecule has 74 valence electrons. The molecule has 6 heteroatoms. The van der Waals surface area contributed by atoms with Gasteiger partial charge in [-0.05, 0) is 19.9 Å². The van der Waals surface area contributed by atoms with Crippen LogP contribution in [0, 0.1) is 10.8 Å². The first kappa shape index (κ1) is 9.63. The summed E-state index contributed by atoms with van der Waals surface area (Å²) in [7, 11) is 0. The molecule has 0 fully saturated rings. The predicted octanol–water partition coefficient (Wildman–Crippen LogP) is 1.87. The number of hydrogen-bond donors (Lipinski definition) is 0. The molecule has 0 radical (unpaired) electrons. The zero-order valence-corrected chi connectivity index (χ0v) is 10.0. The third kappa shape index (κ3) is 1.66. The van der Waals surface area contributed by atoms with E-state index in [2.05, 4.69) is 15.3 Å². The van der Waals surface area contributed by atoms with E-state index < -0.39 is 0 Å². The van der Waals surface area contributed by atoms with Gasteiger partial charge in [0.2, 0.25) is 0 Å². The van der Waals surface area contributed by atoms with Crippen molar-refractivity contribution in [2.75, 3.05) is 0 Å². The Labute approximate surface area is 94.7 Å². The Morgan fingerprint density at radius 1 is 1.50 bits per heavy atom. The van der Waals surface area contributed by atoms with Crippen LogP contribution in [0.4, 0.5) is 0 Å². The molecule has 0 aliphatic carbocycles. The van der Waals surface area contributed by atoms with Gasteiger partial charge in [0.1, 0.15) is 5.69 Å². The molecular formula is C8H9IN4O. The monoisotopic (exact) mass is 304 g/mol. The maximum Gasteiger partial charge on any atom is 0.278 e. The van der Waals surface area contributed by atoms with Crippen molar-refractivity contribution >= 4 is 22.6 Å². The summed E-state index contributed by atoms with van der Waals surface area (Å²) >= 11 is 1.99. The van der Waals surface area contributed by atoms with Crippen LogP contribution in [0.2, 0.25) is 0 Å². The summed E-state index contributed by atoms with van der Waals surface area (Å²) in [5.41, 5.74) is 1.83. The fourth-order valence-electron chi connectivity index (χ4n) is 1.27. The van der Waals surface area contributed by atoms with Crippen molar-refractivity contribution in [1.29, 1.82) is 0 Å². The Balaban J connectivity index is 2.49. The van der Waals surface area contributed by atoms with Crippen molar-refractivity contribution in [3.8, 4) is 11.6 Å². The number of halogens is 1. The van der Waals surface area contributed by atoms with Crippen LogP contribution < -0.4 is 0 Å². The van der Waals surface area contributed by atoms with Gasteiger partial charge in [-0.25, -0.2) is 0 Å². The van der Waals surface area contributed by atoms with Crippen molar-refractivity contribution in [2.24, 2.45) is 0 Å². The number of rotatable bonds is 2. The average molecular weight is 304 g/mol. The van der Waals surface area contributed by atoms with Crippen molar-refractivity contribution in [1.82, 2.24) is 20.0 Å². The van der Waals surface area contributed by atoms with Gasteiger partial charge in [-0.15, -0.1) is 10.2 Å². The Kier molecular flexibility index (Phi) is 2.53. The van der Waals surface area contributed by atoms with E-state index in [4.69, 9.17) is 4.42 Å². The van der Waals surface area contributed by atoms with Crippen LogP contribution >= 0.6 is 22.6 Å². The summed E-state index contributed by atoms with van der Waals surface area (Å²) in [4.78, 5) is 0. The molecule has 14 heavy (non-hydrogen) atoms. The second-order valence-electron chi connectivity index (χ2n) is 2.85. The fraction of sp³-hybridized carbons (Fsp3) is 0.375. The smallest absolute Gasteiger partial charge is 0.278 e. The van der Waals surface area contributed by atoms with Crippen molar-refractivity contribution in [3.05, 3.63) is 15.7 Å². The molecule has 0 aliphatic heterocycles. The van der Waals surface area contributed by atoms with Crippen LogP contribution in [0.25, 0.3) is 11.6 Å². The number of aryl methyl sites for hydroxylation is 2. The topological polar surface area (TPSA) is 56.7 Å². The molecule has 0 saturated carbocycles. The van der Waals surface area contributed by atoms with Crippen LogP contribution in [0.1, 0.15) is 12.6 Å². The molecule has 5 nitrogen and oxygen atoms in total. The molecule has 0 atom stereocenters. The van der Waals surface area contributed by atoms with E-state index >= 15 is 0 Å². The summed E-state index contributed by atoms with van der Waals surface area (Å²) in [6.07, 6.45) is 0. The summed E-state index contributed by atoms with van der Waals surface area (Å²) in [5.74, 6) is 0.525. The van der Waals surface area contributed by atoms with Crippen LogP contribution in [-0.2, 0) is 6.54 Å². The standard InChI is InChI=1S/C8H9IN4O/c1-3-13-6(4-5(2)12-13)7-10-11-8(9)14-7/h4H,3H2,1-2H3. The minimum Gasteiger partial charge on any atom is -0.410 e. The van der Waals surface area contributed by atoms with E-state index in [0.717, 1.165) is 17.9 Å². The normalized spacial score (nSPS) is 10.8. The van der Waals surface area contributed by atoms with Gasteiger partial charge in [0.15, 0.2) is 0 Å². The zero-order valence-electron chi connectivity index (χ0n) is 7.86. The molecule has 0 spiro atoms. The van der Waals surface area contributed by atoms with Gasteiger partial charge in [0.05, 0.1) is 5.69 Å². The minimum atomic E-state index is 0.525. The third-order valence-electron chi connectivity index (χ3n) is 1.82. The molecular weight excluding hydrogens is 295 g/mol. The van der Waals surface area contributed by atoms with Gasteiger partial charge in [-0.1, -0.05) is 0 Å². The number of hydrogen-bond acceptors (Lipinski definition) is 4. The summed E-state index contributed by atoms with van der Waals surface area (Å²) in [6.45, 7) is 4.76. The molecule has 2 aromatic rings. The van der Waals surface area contributed by atoms with E-state index in [1.807, 2.05) is 47.2 Å².